The SMILES string of the molecule is CCCNCC(CC)N(CC)C1CC1. The molecule has 2 heteroatoms. The molecule has 0 saturated heterocycles. The lowest BCUT2D eigenvalue weighted by molar-refractivity contribution is 0.186. The molecule has 2 nitrogen and oxygen atoms in total. The van der Waals surface area contributed by atoms with Gasteiger partial charge in [-0.25, -0.2) is 0 Å². The van der Waals surface area contributed by atoms with Crippen LogP contribution in [-0.4, -0.2) is 36.6 Å². The Kier molecular flexibility index (Phi) is 5.49. The molecular weight excluding hydrogens is 172 g/mol. The Hall–Kier alpha value is -0.0800. The summed E-state index contributed by atoms with van der Waals surface area (Å²) in [4.78, 5) is 2.68. The van der Waals surface area contributed by atoms with Crippen molar-refractivity contribution in [3.8, 4) is 0 Å². The first-order valence-electron chi connectivity index (χ1n) is 6.29. The maximum atomic E-state index is 3.54. The lowest BCUT2D eigenvalue weighted by Crippen LogP contribution is -2.43. The topological polar surface area (TPSA) is 15.3 Å². The van der Waals surface area contributed by atoms with Gasteiger partial charge in [-0.15, -0.1) is 0 Å². The predicted octanol–water partition coefficient (Wildman–Crippen LogP) is 2.25. The number of nitrogens with zero attached hydrogens (tertiary/aromatic N) is 1. The molecule has 1 N–H and O–H groups in total. The van der Waals surface area contributed by atoms with Crippen LogP contribution in [0, 0.1) is 0 Å². The van der Waals surface area contributed by atoms with Crippen LogP contribution in [0.1, 0.15) is 46.5 Å². The van der Waals surface area contributed by atoms with Gasteiger partial charge in [0.25, 0.3) is 0 Å². The summed E-state index contributed by atoms with van der Waals surface area (Å²) in [5.74, 6) is 0. The second-order valence-corrected chi connectivity index (χ2v) is 4.33. The van der Waals surface area contributed by atoms with Crippen LogP contribution in [0.5, 0.6) is 0 Å². The maximum absolute atomic E-state index is 3.54. The summed E-state index contributed by atoms with van der Waals surface area (Å²) in [6.07, 6.45) is 5.38. The van der Waals surface area contributed by atoms with E-state index in [0.717, 1.165) is 12.1 Å². The lowest BCUT2D eigenvalue weighted by Gasteiger charge is -2.30. The van der Waals surface area contributed by atoms with Crippen molar-refractivity contribution in [3.05, 3.63) is 0 Å². The molecule has 0 amide bonds. The van der Waals surface area contributed by atoms with E-state index in [4.69, 9.17) is 0 Å². The van der Waals surface area contributed by atoms with Gasteiger partial charge in [0.1, 0.15) is 0 Å². The zero-order chi connectivity index (χ0) is 10.4. The Morgan fingerprint density at radius 3 is 2.43 bits per heavy atom. The summed E-state index contributed by atoms with van der Waals surface area (Å²) in [6.45, 7) is 10.4. The fraction of sp³-hybridized carbons (Fsp3) is 1.00. The summed E-state index contributed by atoms with van der Waals surface area (Å²) in [6, 6.07) is 1.67. The highest BCUT2D eigenvalue weighted by atomic mass is 15.2. The summed E-state index contributed by atoms with van der Waals surface area (Å²) in [5.41, 5.74) is 0. The summed E-state index contributed by atoms with van der Waals surface area (Å²) < 4.78 is 0. The minimum atomic E-state index is 0.763. The van der Waals surface area contributed by atoms with Crippen LogP contribution in [0.4, 0.5) is 0 Å². The van der Waals surface area contributed by atoms with Crippen LogP contribution in [0.2, 0.25) is 0 Å². The van der Waals surface area contributed by atoms with Crippen molar-refractivity contribution in [3.63, 3.8) is 0 Å². The normalized spacial score (nSPS) is 18.9. The minimum Gasteiger partial charge on any atom is -0.315 e. The largest absolute Gasteiger partial charge is 0.315 e. The molecule has 0 heterocycles. The quantitative estimate of drug-likeness (QED) is 0.602. The van der Waals surface area contributed by atoms with Crippen molar-refractivity contribution in [1.29, 1.82) is 0 Å². The second kappa shape index (κ2) is 6.41. The van der Waals surface area contributed by atoms with E-state index in [1.54, 1.807) is 0 Å². The Labute approximate surface area is 89.1 Å². The molecule has 1 rings (SSSR count). The van der Waals surface area contributed by atoms with Crippen molar-refractivity contribution in [1.82, 2.24) is 10.2 Å². The number of hydrogen-bond acceptors (Lipinski definition) is 2. The van der Waals surface area contributed by atoms with Crippen molar-refractivity contribution in [2.75, 3.05) is 19.6 Å². The van der Waals surface area contributed by atoms with Crippen LogP contribution < -0.4 is 5.32 Å². The van der Waals surface area contributed by atoms with E-state index in [2.05, 4.69) is 31.0 Å². The highest BCUT2D eigenvalue weighted by molar-refractivity contribution is 4.88. The molecule has 0 aromatic heterocycles. The number of nitrogens with one attached hydrogen (secondary N) is 1. The van der Waals surface area contributed by atoms with Crippen molar-refractivity contribution in [2.24, 2.45) is 0 Å². The molecule has 1 aliphatic carbocycles. The van der Waals surface area contributed by atoms with E-state index in [1.165, 1.54) is 45.3 Å². The summed E-state index contributed by atoms with van der Waals surface area (Å²) in [5, 5.41) is 3.54. The maximum Gasteiger partial charge on any atom is 0.0220 e. The molecule has 0 spiro atoms. The molecule has 0 aromatic carbocycles. The third-order valence-corrected chi connectivity index (χ3v) is 3.13. The van der Waals surface area contributed by atoms with Gasteiger partial charge < -0.3 is 5.32 Å². The summed E-state index contributed by atoms with van der Waals surface area (Å²) in [7, 11) is 0. The molecule has 84 valence electrons. The first-order chi connectivity index (χ1) is 6.83. The van der Waals surface area contributed by atoms with Crippen molar-refractivity contribution < 1.29 is 0 Å². The predicted molar refractivity (Wildman–Crippen MR) is 62.6 cm³/mol. The fourth-order valence-electron chi connectivity index (χ4n) is 2.16. The molecular formula is C12H26N2. The third kappa shape index (κ3) is 3.58. The van der Waals surface area contributed by atoms with E-state index < -0.39 is 0 Å². The Bertz CT molecular complexity index is 143. The average molecular weight is 198 g/mol. The molecule has 1 fully saturated rings. The van der Waals surface area contributed by atoms with E-state index in [-0.39, 0.29) is 0 Å². The molecule has 1 unspecified atom stereocenters. The zero-order valence-corrected chi connectivity index (χ0v) is 10.1. The Morgan fingerprint density at radius 1 is 1.29 bits per heavy atom. The van der Waals surface area contributed by atoms with Gasteiger partial charge >= 0.3 is 0 Å². The molecule has 0 aromatic rings. The summed E-state index contributed by atoms with van der Waals surface area (Å²) >= 11 is 0. The number of likely N-dealkylation sites (N-methyl/N-ethyl adjacent to an activating group) is 1. The second-order valence-electron chi connectivity index (χ2n) is 4.33. The zero-order valence-electron chi connectivity index (χ0n) is 10.1. The van der Waals surface area contributed by atoms with Crippen LogP contribution in [-0.2, 0) is 0 Å². The highest BCUT2D eigenvalue weighted by Gasteiger charge is 2.31. The standard InChI is InChI=1S/C12H26N2/c1-4-9-13-10-11(5-2)14(6-3)12-7-8-12/h11-13H,4-10H2,1-3H3. The van der Waals surface area contributed by atoms with Crippen LogP contribution in [0.3, 0.4) is 0 Å². The Balaban J connectivity index is 2.26. The molecule has 1 atom stereocenters. The molecule has 1 aliphatic rings. The Morgan fingerprint density at radius 2 is 2.00 bits per heavy atom. The van der Waals surface area contributed by atoms with Crippen LogP contribution >= 0.6 is 0 Å². The number of rotatable bonds is 8. The molecule has 0 bridgehead atoms. The van der Waals surface area contributed by atoms with E-state index in [9.17, 15) is 0 Å². The van der Waals surface area contributed by atoms with Gasteiger partial charge in [0.15, 0.2) is 0 Å². The lowest BCUT2D eigenvalue weighted by atomic mass is 10.2. The third-order valence-electron chi connectivity index (χ3n) is 3.13. The van der Waals surface area contributed by atoms with Crippen molar-refractivity contribution in [2.45, 2.75) is 58.5 Å². The van der Waals surface area contributed by atoms with Gasteiger partial charge in [0.05, 0.1) is 0 Å². The highest BCUT2D eigenvalue weighted by Crippen LogP contribution is 2.28. The fourth-order valence-corrected chi connectivity index (χ4v) is 2.16. The van der Waals surface area contributed by atoms with Gasteiger partial charge in [-0.2, -0.15) is 0 Å². The monoisotopic (exact) mass is 198 g/mol. The number of hydrogen-bond donors (Lipinski definition) is 1. The molecule has 0 radical (unpaired) electrons. The smallest absolute Gasteiger partial charge is 0.0220 e. The van der Waals surface area contributed by atoms with Crippen molar-refractivity contribution >= 4 is 0 Å². The van der Waals surface area contributed by atoms with Gasteiger partial charge in [-0.1, -0.05) is 20.8 Å². The molecule has 0 aliphatic heterocycles. The van der Waals surface area contributed by atoms with Gasteiger partial charge in [0.2, 0.25) is 0 Å². The first-order valence-corrected chi connectivity index (χ1v) is 6.29. The minimum absolute atomic E-state index is 0.763. The van der Waals surface area contributed by atoms with E-state index in [1.807, 2.05) is 0 Å². The molecule has 14 heavy (non-hydrogen) atoms. The van der Waals surface area contributed by atoms with Crippen LogP contribution in [0.15, 0.2) is 0 Å². The van der Waals surface area contributed by atoms with Gasteiger partial charge in [0, 0.05) is 18.6 Å². The van der Waals surface area contributed by atoms with Crippen LogP contribution in [0.25, 0.3) is 0 Å². The van der Waals surface area contributed by atoms with Gasteiger partial charge in [-0.05, 0) is 38.8 Å². The van der Waals surface area contributed by atoms with E-state index >= 15 is 0 Å². The molecule has 1 saturated carbocycles. The van der Waals surface area contributed by atoms with E-state index in [0.29, 0.717) is 0 Å². The average Bonchev–Trinajstić information content (AvgIpc) is 3.01. The first kappa shape index (κ1) is 12.0. The van der Waals surface area contributed by atoms with Gasteiger partial charge in [-0.3, -0.25) is 4.90 Å².